The molecule has 0 unspecified atom stereocenters. The molecule has 5 nitrogen and oxygen atoms in total. The van der Waals surface area contributed by atoms with E-state index in [-0.39, 0.29) is 17.1 Å². The minimum atomic E-state index is -0.257. The second-order valence-corrected chi connectivity index (χ2v) is 5.53. The van der Waals surface area contributed by atoms with E-state index in [2.05, 4.69) is 32.6 Å². The molecule has 2 aromatic carbocycles. The molecule has 0 aliphatic heterocycles. The topological polar surface area (TPSA) is 86.2 Å². The number of phenolic OH excluding ortho intramolecular Hbond substituents is 2. The van der Waals surface area contributed by atoms with E-state index in [1.54, 1.807) is 18.2 Å². The molecule has 0 bridgehead atoms. The first-order valence-corrected chi connectivity index (χ1v) is 6.84. The molecule has 3 N–H and O–H groups in total. The summed E-state index contributed by atoms with van der Waals surface area (Å²) in [6, 6.07) is 9.68. The van der Waals surface area contributed by atoms with Gasteiger partial charge in [-0.3, -0.25) is 4.79 Å². The number of nitrogens with zero attached hydrogens (tertiary/aromatic N) is 1. The fraction of sp³-hybridized carbons (Fsp3) is 0. The van der Waals surface area contributed by atoms with E-state index in [4.69, 9.17) is 0 Å². The number of phenols is 2. The van der Waals surface area contributed by atoms with Crippen LogP contribution in [0.2, 0.25) is 0 Å². The third-order valence-electron chi connectivity index (χ3n) is 2.92. The van der Waals surface area contributed by atoms with Gasteiger partial charge in [-0.05, 0) is 59.0 Å². The third kappa shape index (κ3) is 2.22. The lowest BCUT2D eigenvalue weighted by Crippen LogP contribution is -2.09. The Morgan fingerprint density at radius 3 is 2.60 bits per heavy atom. The maximum atomic E-state index is 12.1. The molecule has 0 radical (unpaired) electrons. The van der Waals surface area contributed by atoms with E-state index in [0.717, 1.165) is 3.57 Å². The van der Waals surface area contributed by atoms with Gasteiger partial charge >= 0.3 is 0 Å². The highest BCUT2D eigenvalue weighted by atomic mass is 127. The molecule has 3 rings (SSSR count). The van der Waals surface area contributed by atoms with Crippen LogP contribution < -0.4 is 5.56 Å². The Morgan fingerprint density at radius 2 is 1.85 bits per heavy atom. The van der Waals surface area contributed by atoms with Gasteiger partial charge in [0, 0.05) is 9.13 Å². The molecule has 0 aliphatic rings. The van der Waals surface area contributed by atoms with Gasteiger partial charge < -0.3 is 15.2 Å². The Hall–Kier alpha value is -2.09. The van der Waals surface area contributed by atoms with E-state index in [1.165, 1.54) is 12.1 Å². The highest BCUT2D eigenvalue weighted by Gasteiger charge is 2.08. The van der Waals surface area contributed by atoms with Crippen LogP contribution in [0, 0.1) is 3.57 Å². The summed E-state index contributed by atoms with van der Waals surface area (Å²) in [5, 5.41) is 19.3. The zero-order chi connectivity index (χ0) is 14.3. The standard InChI is InChI=1S/C14H9IN2O3/c15-8-2-3-10-9(6-8)14(20)17-13(16-10)7-1-4-11(18)12(19)5-7/h1-6,18-19H,(H,16,17,20). The first-order valence-electron chi connectivity index (χ1n) is 5.76. The van der Waals surface area contributed by atoms with Crippen molar-refractivity contribution in [1.29, 1.82) is 0 Å². The van der Waals surface area contributed by atoms with Crippen molar-refractivity contribution in [2.24, 2.45) is 0 Å². The van der Waals surface area contributed by atoms with Gasteiger partial charge in [-0.25, -0.2) is 4.98 Å². The molecule has 3 aromatic rings. The van der Waals surface area contributed by atoms with Crippen molar-refractivity contribution >= 4 is 33.5 Å². The van der Waals surface area contributed by atoms with Crippen LogP contribution in [0.3, 0.4) is 0 Å². The van der Waals surface area contributed by atoms with Gasteiger partial charge in [-0.15, -0.1) is 0 Å². The highest BCUT2D eigenvalue weighted by Crippen LogP contribution is 2.29. The quantitative estimate of drug-likeness (QED) is 0.448. The molecule has 0 fully saturated rings. The number of aromatic nitrogens is 2. The van der Waals surface area contributed by atoms with Gasteiger partial charge in [0.05, 0.1) is 10.9 Å². The monoisotopic (exact) mass is 380 g/mol. The van der Waals surface area contributed by atoms with Gasteiger partial charge in [0.2, 0.25) is 0 Å². The smallest absolute Gasteiger partial charge is 0.259 e. The summed E-state index contributed by atoms with van der Waals surface area (Å²) in [5.41, 5.74) is 0.866. The van der Waals surface area contributed by atoms with Gasteiger partial charge in [0.25, 0.3) is 5.56 Å². The summed E-state index contributed by atoms with van der Waals surface area (Å²) in [6.07, 6.45) is 0. The summed E-state index contributed by atoms with van der Waals surface area (Å²) in [4.78, 5) is 19.1. The molecule has 0 spiro atoms. The van der Waals surface area contributed by atoms with E-state index in [0.29, 0.717) is 22.3 Å². The Bertz CT molecular complexity index is 874. The van der Waals surface area contributed by atoms with Crippen LogP contribution >= 0.6 is 22.6 Å². The Kier molecular flexibility index (Phi) is 3.09. The largest absolute Gasteiger partial charge is 0.504 e. The van der Waals surface area contributed by atoms with E-state index >= 15 is 0 Å². The lowest BCUT2D eigenvalue weighted by molar-refractivity contribution is 0.404. The number of fused-ring (bicyclic) bond motifs is 1. The number of rotatable bonds is 1. The molecule has 6 heteroatoms. The maximum Gasteiger partial charge on any atom is 0.259 e. The number of hydrogen-bond acceptors (Lipinski definition) is 4. The number of nitrogens with one attached hydrogen (secondary N) is 1. The molecule has 20 heavy (non-hydrogen) atoms. The van der Waals surface area contributed by atoms with E-state index in [1.807, 2.05) is 6.07 Å². The average Bonchev–Trinajstić information content (AvgIpc) is 2.42. The van der Waals surface area contributed by atoms with Crippen LogP contribution in [0.25, 0.3) is 22.3 Å². The summed E-state index contributed by atoms with van der Waals surface area (Å²) in [6.45, 7) is 0. The first-order chi connectivity index (χ1) is 9.54. The van der Waals surface area contributed by atoms with Gasteiger partial charge in [-0.1, -0.05) is 0 Å². The molecule has 1 aromatic heterocycles. The predicted octanol–water partition coefficient (Wildman–Crippen LogP) is 2.61. The second kappa shape index (κ2) is 4.78. The first kappa shape index (κ1) is 12.9. The molecular formula is C14H9IN2O3. The number of aromatic hydroxyl groups is 2. The zero-order valence-electron chi connectivity index (χ0n) is 10.1. The van der Waals surface area contributed by atoms with Crippen molar-refractivity contribution in [1.82, 2.24) is 9.97 Å². The maximum absolute atomic E-state index is 12.1. The minimum absolute atomic E-state index is 0.216. The van der Waals surface area contributed by atoms with Crippen molar-refractivity contribution in [3.05, 3.63) is 50.3 Å². The molecular weight excluding hydrogens is 371 g/mol. The molecule has 0 saturated heterocycles. The third-order valence-corrected chi connectivity index (χ3v) is 3.59. The van der Waals surface area contributed by atoms with Crippen LogP contribution in [0.4, 0.5) is 0 Å². The van der Waals surface area contributed by atoms with Gasteiger partial charge in [0.1, 0.15) is 5.82 Å². The predicted molar refractivity (Wildman–Crippen MR) is 83.8 cm³/mol. The number of benzene rings is 2. The summed E-state index contributed by atoms with van der Waals surface area (Å²) in [7, 11) is 0. The minimum Gasteiger partial charge on any atom is -0.504 e. The summed E-state index contributed by atoms with van der Waals surface area (Å²) in [5.74, 6) is -0.127. The summed E-state index contributed by atoms with van der Waals surface area (Å²) < 4.78 is 0.956. The molecule has 0 atom stereocenters. The Labute approximate surface area is 127 Å². The summed E-state index contributed by atoms with van der Waals surface area (Å²) >= 11 is 2.13. The zero-order valence-corrected chi connectivity index (χ0v) is 12.2. The van der Waals surface area contributed by atoms with Gasteiger partial charge in [0.15, 0.2) is 11.5 Å². The molecule has 0 amide bonds. The average molecular weight is 380 g/mol. The van der Waals surface area contributed by atoms with Crippen molar-refractivity contribution in [2.45, 2.75) is 0 Å². The molecule has 0 saturated carbocycles. The van der Waals surface area contributed by atoms with Crippen molar-refractivity contribution < 1.29 is 10.2 Å². The van der Waals surface area contributed by atoms with Crippen LogP contribution in [0.5, 0.6) is 11.5 Å². The Balaban J connectivity index is 2.24. The van der Waals surface area contributed by atoms with Crippen molar-refractivity contribution in [3.63, 3.8) is 0 Å². The van der Waals surface area contributed by atoms with Crippen LogP contribution in [0.15, 0.2) is 41.2 Å². The second-order valence-electron chi connectivity index (χ2n) is 4.28. The fourth-order valence-electron chi connectivity index (χ4n) is 1.92. The molecule has 0 aliphatic carbocycles. The van der Waals surface area contributed by atoms with E-state index in [9.17, 15) is 15.0 Å². The van der Waals surface area contributed by atoms with Crippen molar-refractivity contribution in [3.8, 4) is 22.9 Å². The lowest BCUT2D eigenvalue weighted by atomic mass is 10.1. The fourth-order valence-corrected chi connectivity index (χ4v) is 2.41. The van der Waals surface area contributed by atoms with Gasteiger partial charge in [-0.2, -0.15) is 0 Å². The number of H-pyrrole nitrogens is 1. The lowest BCUT2D eigenvalue weighted by Gasteiger charge is -2.05. The van der Waals surface area contributed by atoms with Crippen LogP contribution in [-0.4, -0.2) is 20.2 Å². The molecule has 1 heterocycles. The molecule has 100 valence electrons. The van der Waals surface area contributed by atoms with Crippen LogP contribution in [-0.2, 0) is 0 Å². The Morgan fingerprint density at radius 1 is 1.05 bits per heavy atom. The van der Waals surface area contributed by atoms with Crippen LogP contribution in [0.1, 0.15) is 0 Å². The SMILES string of the molecule is O=c1[nH]c(-c2ccc(O)c(O)c2)nc2ccc(I)cc12. The number of aromatic amines is 1. The normalized spacial score (nSPS) is 10.8. The number of hydrogen-bond donors (Lipinski definition) is 3. The van der Waals surface area contributed by atoms with E-state index < -0.39 is 0 Å². The van der Waals surface area contributed by atoms with Crippen molar-refractivity contribution in [2.75, 3.05) is 0 Å². The highest BCUT2D eigenvalue weighted by molar-refractivity contribution is 14.1. The number of halogens is 1.